The van der Waals surface area contributed by atoms with Crippen molar-refractivity contribution in [3.63, 3.8) is 0 Å². The van der Waals surface area contributed by atoms with E-state index in [0.29, 0.717) is 5.91 Å². The van der Waals surface area contributed by atoms with Crippen LogP contribution in [0, 0.1) is 12.8 Å². The van der Waals surface area contributed by atoms with E-state index in [1.165, 1.54) is 0 Å². The van der Waals surface area contributed by atoms with Crippen LogP contribution in [0.4, 0.5) is 5.95 Å². The topological polar surface area (TPSA) is 57.0 Å². The summed E-state index contributed by atoms with van der Waals surface area (Å²) in [5.41, 5.74) is 1.98. The largest absolute Gasteiger partial charge is 0.340 e. The van der Waals surface area contributed by atoms with Gasteiger partial charge in [0.05, 0.1) is 5.92 Å². The third-order valence-corrected chi connectivity index (χ3v) is 5.47. The average Bonchev–Trinajstić information content (AvgIpc) is 3.07. The number of piperazine rings is 1. The Morgan fingerprint density at radius 3 is 2.72 bits per heavy atom. The average molecular weight is 342 g/mol. The number of hydrogen-bond donors (Lipinski definition) is 0. The molecular weight excluding hydrogens is 316 g/mol. The first-order valence-electron chi connectivity index (χ1n) is 9.16. The summed E-state index contributed by atoms with van der Waals surface area (Å²) in [4.78, 5) is 19.5. The Morgan fingerprint density at radius 2 is 1.92 bits per heavy atom. The number of aromatic nitrogens is 3. The standard InChI is InChI=1S/C18H26N6O/c1-14-5-3-7-16-19-20-18(24(14)16)23-8-4-6-15(13-23)17(25)22-11-9-21(2)10-12-22/h3,5,7,15H,4,6,8-13H2,1-2H3/t15-/m0/s1. The lowest BCUT2D eigenvalue weighted by Gasteiger charge is -2.38. The molecule has 0 radical (unpaired) electrons. The second kappa shape index (κ2) is 6.63. The van der Waals surface area contributed by atoms with Crippen LogP contribution in [0.1, 0.15) is 18.5 Å². The summed E-state index contributed by atoms with van der Waals surface area (Å²) in [6.45, 7) is 7.36. The highest BCUT2D eigenvalue weighted by Crippen LogP contribution is 2.25. The Labute approximate surface area is 148 Å². The van der Waals surface area contributed by atoms with E-state index in [-0.39, 0.29) is 5.92 Å². The number of rotatable bonds is 2. The molecule has 4 rings (SSSR count). The fraction of sp³-hybridized carbons (Fsp3) is 0.611. The molecule has 7 nitrogen and oxygen atoms in total. The van der Waals surface area contributed by atoms with Gasteiger partial charge < -0.3 is 14.7 Å². The Balaban J connectivity index is 1.51. The molecule has 0 N–H and O–H groups in total. The van der Waals surface area contributed by atoms with E-state index in [1.54, 1.807) is 0 Å². The molecular formula is C18H26N6O. The van der Waals surface area contributed by atoms with Gasteiger partial charge in [0.25, 0.3) is 0 Å². The van der Waals surface area contributed by atoms with E-state index in [2.05, 4.69) is 44.4 Å². The molecule has 2 fully saturated rings. The van der Waals surface area contributed by atoms with Crippen molar-refractivity contribution in [1.82, 2.24) is 24.4 Å². The first-order valence-corrected chi connectivity index (χ1v) is 9.16. The quantitative estimate of drug-likeness (QED) is 0.816. The van der Waals surface area contributed by atoms with Gasteiger partial charge in [-0.25, -0.2) is 0 Å². The minimum atomic E-state index is 0.0634. The van der Waals surface area contributed by atoms with Crippen LogP contribution in [0.5, 0.6) is 0 Å². The lowest BCUT2D eigenvalue weighted by Crippen LogP contribution is -2.51. The molecule has 7 heteroatoms. The lowest BCUT2D eigenvalue weighted by atomic mass is 9.96. The molecule has 2 aromatic heterocycles. The van der Waals surface area contributed by atoms with Crippen LogP contribution in [-0.2, 0) is 4.79 Å². The number of piperidine rings is 1. The number of carbonyl (C=O) groups is 1. The molecule has 0 aliphatic carbocycles. The molecule has 4 heterocycles. The van der Waals surface area contributed by atoms with Crippen molar-refractivity contribution in [3.8, 4) is 0 Å². The van der Waals surface area contributed by atoms with Crippen molar-refractivity contribution in [3.05, 3.63) is 23.9 Å². The van der Waals surface area contributed by atoms with Crippen molar-refractivity contribution >= 4 is 17.5 Å². The van der Waals surface area contributed by atoms with Gasteiger partial charge in [-0.2, -0.15) is 0 Å². The lowest BCUT2D eigenvalue weighted by molar-refractivity contribution is -0.137. The summed E-state index contributed by atoms with van der Waals surface area (Å²) < 4.78 is 2.09. The van der Waals surface area contributed by atoms with Gasteiger partial charge in [0.1, 0.15) is 0 Å². The number of amides is 1. The zero-order valence-corrected chi connectivity index (χ0v) is 15.1. The zero-order chi connectivity index (χ0) is 17.4. The van der Waals surface area contributed by atoms with Crippen molar-refractivity contribution in [2.24, 2.45) is 5.92 Å². The molecule has 25 heavy (non-hydrogen) atoms. The molecule has 0 unspecified atom stereocenters. The Morgan fingerprint density at radius 1 is 1.12 bits per heavy atom. The summed E-state index contributed by atoms with van der Waals surface area (Å²) >= 11 is 0. The molecule has 0 saturated carbocycles. The zero-order valence-electron chi connectivity index (χ0n) is 15.1. The summed E-state index contributed by atoms with van der Waals surface area (Å²) in [5.74, 6) is 1.24. The van der Waals surface area contributed by atoms with Crippen molar-refractivity contribution < 1.29 is 4.79 Å². The molecule has 134 valence electrons. The summed E-state index contributed by atoms with van der Waals surface area (Å²) in [6, 6.07) is 6.04. The normalized spacial score (nSPS) is 22.6. The minimum Gasteiger partial charge on any atom is -0.340 e. The molecule has 2 aliphatic rings. The number of nitrogens with zero attached hydrogens (tertiary/aromatic N) is 6. The SMILES string of the molecule is Cc1cccc2nnc(N3CCC[C@H](C(=O)N4CCN(C)CC4)C3)n12. The van der Waals surface area contributed by atoms with Gasteiger partial charge in [-0.05, 0) is 38.9 Å². The molecule has 1 amide bonds. The maximum atomic E-state index is 12.9. The van der Waals surface area contributed by atoms with E-state index in [1.807, 2.05) is 17.0 Å². The molecule has 1 atom stereocenters. The van der Waals surface area contributed by atoms with Crippen molar-refractivity contribution in [2.75, 3.05) is 51.2 Å². The van der Waals surface area contributed by atoms with E-state index in [9.17, 15) is 4.79 Å². The van der Waals surface area contributed by atoms with Gasteiger partial charge in [-0.15, -0.1) is 10.2 Å². The molecule has 0 aromatic carbocycles. The highest BCUT2D eigenvalue weighted by atomic mass is 16.2. The number of hydrogen-bond acceptors (Lipinski definition) is 5. The van der Waals surface area contributed by atoms with Gasteiger partial charge in [0, 0.05) is 45.0 Å². The van der Waals surface area contributed by atoms with Crippen LogP contribution in [-0.4, -0.2) is 76.6 Å². The predicted octanol–water partition coefficient (Wildman–Crippen LogP) is 1.03. The molecule has 0 bridgehead atoms. The second-order valence-electron chi connectivity index (χ2n) is 7.27. The monoisotopic (exact) mass is 342 g/mol. The van der Waals surface area contributed by atoms with Crippen LogP contribution in [0.25, 0.3) is 5.65 Å². The molecule has 0 spiro atoms. The van der Waals surface area contributed by atoms with E-state index >= 15 is 0 Å². The van der Waals surface area contributed by atoms with Gasteiger partial charge in [-0.3, -0.25) is 9.20 Å². The Hall–Kier alpha value is -2.15. The number of carbonyl (C=O) groups excluding carboxylic acids is 1. The van der Waals surface area contributed by atoms with E-state index in [0.717, 1.165) is 69.4 Å². The van der Waals surface area contributed by atoms with Crippen LogP contribution >= 0.6 is 0 Å². The van der Waals surface area contributed by atoms with E-state index < -0.39 is 0 Å². The highest BCUT2D eigenvalue weighted by molar-refractivity contribution is 5.80. The number of anilines is 1. The number of pyridine rings is 1. The fourth-order valence-corrected chi connectivity index (χ4v) is 3.93. The third kappa shape index (κ3) is 3.08. The smallest absolute Gasteiger partial charge is 0.231 e. The Bertz CT molecular complexity index is 764. The van der Waals surface area contributed by atoms with Crippen molar-refractivity contribution in [2.45, 2.75) is 19.8 Å². The maximum absolute atomic E-state index is 12.9. The third-order valence-electron chi connectivity index (χ3n) is 5.47. The number of likely N-dealkylation sites (N-methyl/N-ethyl adjacent to an activating group) is 1. The molecule has 2 saturated heterocycles. The minimum absolute atomic E-state index is 0.0634. The predicted molar refractivity (Wildman–Crippen MR) is 96.7 cm³/mol. The van der Waals surface area contributed by atoms with Gasteiger partial charge >= 0.3 is 0 Å². The van der Waals surface area contributed by atoms with Crippen LogP contribution in [0.15, 0.2) is 18.2 Å². The van der Waals surface area contributed by atoms with Crippen molar-refractivity contribution in [1.29, 1.82) is 0 Å². The molecule has 2 aliphatic heterocycles. The van der Waals surface area contributed by atoms with Crippen LogP contribution in [0.2, 0.25) is 0 Å². The first kappa shape index (κ1) is 16.3. The first-order chi connectivity index (χ1) is 12.1. The van der Waals surface area contributed by atoms with Gasteiger partial charge in [-0.1, -0.05) is 6.07 Å². The second-order valence-corrected chi connectivity index (χ2v) is 7.27. The van der Waals surface area contributed by atoms with Crippen LogP contribution < -0.4 is 4.90 Å². The Kier molecular flexibility index (Phi) is 4.33. The number of aryl methyl sites for hydroxylation is 1. The van der Waals surface area contributed by atoms with E-state index in [4.69, 9.17) is 0 Å². The number of fused-ring (bicyclic) bond motifs is 1. The van der Waals surface area contributed by atoms with Gasteiger partial charge in [0.2, 0.25) is 11.9 Å². The summed E-state index contributed by atoms with van der Waals surface area (Å²) in [5, 5.41) is 8.70. The van der Waals surface area contributed by atoms with Gasteiger partial charge in [0.15, 0.2) is 5.65 Å². The maximum Gasteiger partial charge on any atom is 0.231 e. The summed E-state index contributed by atoms with van der Waals surface area (Å²) in [6.07, 6.45) is 1.99. The highest BCUT2D eigenvalue weighted by Gasteiger charge is 2.32. The fourth-order valence-electron chi connectivity index (χ4n) is 3.93. The molecule has 2 aromatic rings. The summed E-state index contributed by atoms with van der Waals surface area (Å²) in [7, 11) is 2.11. The van der Waals surface area contributed by atoms with Crippen LogP contribution in [0.3, 0.4) is 0 Å².